The SMILES string of the molecule is CCOC(=O)c1c(NC(=O)C(C)OC(=O)c2c(C)nn(C)c2Cl)sc2c1CCCC2. The van der Waals surface area contributed by atoms with E-state index in [9.17, 15) is 14.4 Å². The molecular formula is C20H24ClN3O5S. The van der Waals surface area contributed by atoms with Crippen LogP contribution in [0.5, 0.6) is 0 Å². The summed E-state index contributed by atoms with van der Waals surface area (Å²) in [6.45, 7) is 5.08. The van der Waals surface area contributed by atoms with Crippen molar-refractivity contribution in [1.29, 1.82) is 0 Å². The number of ether oxygens (including phenoxy) is 2. The summed E-state index contributed by atoms with van der Waals surface area (Å²) in [7, 11) is 1.61. The second-order valence-electron chi connectivity index (χ2n) is 7.05. The number of aromatic nitrogens is 2. The molecule has 0 aromatic carbocycles. The largest absolute Gasteiger partial charge is 0.462 e. The van der Waals surface area contributed by atoms with Crippen LogP contribution in [-0.2, 0) is 34.2 Å². The average molecular weight is 454 g/mol. The molecule has 8 nitrogen and oxygen atoms in total. The normalized spacial score (nSPS) is 14.0. The second kappa shape index (κ2) is 9.18. The lowest BCUT2D eigenvalue weighted by molar-refractivity contribution is -0.123. The molecule has 2 aromatic rings. The molecule has 2 heterocycles. The Hall–Kier alpha value is -2.39. The van der Waals surface area contributed by atoms with E-state index in [4.69, 9.17) is 21.1 Å². The summed E-state index contributed by atoms with van der Waals surface area (Å²) in [5.74, 6) is -1.72. The molecule has 30 heavy (non-hydrogen) atoms. The molecule has 10 heteroatoms. The van der Waals surface area contributed by atoms with Gasteiger partial charge in [-0.15, -0.1) is 11.3 Å². The Balaban J connectivity index is 1.77. The van der Waals surface area contributed by atoms with Gasteiger partial charge in [-0.3, -0.25) is 9.48 Å². The monoisotopic (exact) mass is 453 g/mol. The molecule has 0 aliphatic heterocycles. The number of halogens is 1. The number of carbonyl (C=O) groups is 3. The average Bonchev–Trinajstić information content (AvgIpc) is 3.17. The van der Waals surface area contributed by atoms with E-state index in [1.807, 2.05) is 0 Å². The maximum atomic E-state index is 12.7. The van der Waals surface area contributed by atoms with Crippen LogP contribution in [0.4, 0.5) is 5.00 Å². The van der Waals surface area contributed by atoms with Gasteiger partial charge in [0, 0.05) is 11.9 Å². The Labute approximate surface area is 183 Å². The number of hydrogen-bond acceptors (Lipinski definition) is 7. The van der Waals surface area contributed by atoms with Crippen molar-refractivity contribution in [1.82, 2.24) is 9.78 Å². The number of rotatable bonds is 6. The molecule has 1 unspecified atom stereocenters. The van der Waals surface area contributed by atoms with Crippen LogP contribution in [0.25, 0.3) is 0 Å². The van der Waals surface area contributed by atoms with Gasteiger partial charge in [-0.1, -0.05) is 11.6 Å². The standard InChI is InChI=1S/C20H24ClN3O5S/c1-5-28-19(26)15-12-8-6-7-9-13(12)30-18(15)22-17(25)11(3)29-20(27)14-10(2)23-24(4)16(14)21/h11H,5-9H2,1-4H3,(H,22,25). The number of carbonyl (C=O) groups excluding carboxylic acids is 3. The van der Waals surface area contributed by atoms with Crippen LogP contribution in [0.2, 0.25) is 5.15 Å². The van der Waals surface area contributed by atoms with Gasteiger partial charge in [0.2, 0.25) is 0 Å². The molecule has 0 saturated heterocycles. The zero-order chi connectivity index (χ0) is 22.0. The van der Waals surface area contributed by atoms with Crippen LogP contribution in [0.3, 0.4) is 0 Å². The van der Waals surface area contributed by atoms with Crippen molar-refractivity contribution in [3.05, 3.63) is 32.4 Å². The Bertz CT molecular complexity index is 997. The molecule has 0 spiro atoms. The molecule has 3 rings (SSSR count). The van der Waals surface area contributed by atoms with Crippen molar-refractivity contribution in [3.63, 3.8) is 0 Å². The third kappa shape index (κ3) is 4.37. The van der Waals surface area contributed by atoms with E-state index < -0.39 is 23.9 Å². The van der Waals surface area contributed by atoms with Crippen LogP contribution >= 0.6 is 22.9 Å². The van der Waals surface area contributed by atoms with Gasteiger partial charge >= 0.3 is 11.9 Å². The Morgan fingerprint density at radius 1 is 1.23 bits per heavy atom. The molecule has 1 atom stereocenters. The third-order valence-corrected chi connectivity index (χ3v) is 6.54. The number of nitrogens with zero attached hydrogens (tertiary/aromatic N) is 2. The fourth-order valence-electron chi connectivity index (χ4n) is 3.42. The number of aryl methyl sites for hydroxylation is 3. The summed E-state index contributed by atoms with van der Waals surface area (Å²) in [6.07, 6.45) is 2.58. The van der Waals surface area contributed by atoms with Gasteiger partial charge < -0.3 is 14.8 Å². The molecule has 1 N–H and O–H groups in total. The topological polar surface area (TPSA) is 99.5 Å². The minimum Gasteiger partial charge on any atom is -0.462 e. The Kier molecular flexibility index (Phi) is 6.82. The molecular weight excluding hydrogens is 430 g/mol. The molecule has 0 bridgehead atoms. The fourth-order valence-corrected chi connectivity index (χ4v) is 4.95. The van der Waals surface area contributed by atoms with Crippen LogP contribution in [0.1, 0.15) is 63.5 Å². The molecule has 1 aliphatic rings. The van der Waals surface area contributed by atoms with E-state index >= 15 is 0 Å². The predicted octanol–water partition coefficient (Wildman–Crippen LogP) is 3.68. The van der Waals surface area contributed by atoms with Crippen molar-refractivity contribution in [2.45, 2.75) is 52.6 Å². The first kappa shape index (κ1) is 22.3. The van der Waals surface area contributed by atoms with E-state index in [0.29, 0.717) is 16.3 Å². The van der Waals surface area contributed by atoms with Crippen LogP contribution in [0, 0.1) is 6.92 Å². The predicted molar refractivity (Wildman–Crippen MR) is 113 cm³/mol. The Morgan fingerprint density at radius 2 is 1.93 bits per heavy atom. The second-order valence-corrected chi connectivity index (χ2v) is 8.51. The maximum absolute atomic E-state index is 12.7. The highest BCUT2D eigenvalue weighted by Crippen LogP contribution is 2.38. The van der Waals surface area contributed by atoms with Crippen molar-refractivity contribution >= 4 is 45.8 Å². The van der Waals surface area contributed by atoms with Gasteiger partial charge in [0.25, 0.3) is 5.91 Å². The van der Waals surface area contributed by atoms with Crippen LogP contribution in [0.15, 0.2) is 0 Å². The third-order valence-electron chi connectivity index (χ3n) is 4.90. The Morgan fingerprint density at radius 3 is 2.57 bits per heavy atom. The number of thiophene rings is 1. The number of amides is 1. The first-order chi connectivity index (χ1) is 14.2. The number of hydrogen-bond donors (Lipinski definition) is 1. The van der Waals surface area contributed by atoms with E-state index in [-0.39, 0.29) is 17.3 Å². The molecule has 1 amide bonds. The summed E-state index contributed by atoms with van der Waals surface area (Å²) in [5, 5.41) is 7.39. The quantitative estimate of drug-likeness (QED) is 0.669. The first-order valence-electron chi connectivity index (χ1n) is 9.77. The van der Waals surface area contributed by atoms with E-state index in [1.54, 1.807) is 20.9 Å². The highest BCUT2D eigenvalue weighted by atomic mass is 35.5. The van der Waals surface area contributed by atoms with Gasteiger partial charge in [0.05, 0.1) is 17.9 Å². The van der Waals surface area contributed by atoms with E-state index in [0.717, 1.165) is 36.1 Å². The van der Waals surface area contributed by atoms with Crippen molar-refractivity contribution in [2.75, 3.05) is 11.9 Å². The number of nitrogens with one attached hydrogen (secondary N) is 1. The zero-order valence-corrected chi connectivity index (χ0v) is 18.9. The fraction of sp³-hybridized carbons (Fsp3) is 0.500. The van der Waals surface area contributed by atoms with Crippen LogP contribution in [-0.4, -0.2) is 40.3 Å². The lowest BCUT2D eigenvalue weighted by Crippen LogP contribution is -2.30. The lowest BCUT2D eigenvalue weighted by Gasteiger charge is -2.14. The highest BCUT2D eigenvalue weighted by molar-refractivity contribution is 7.17. The smallest absolute Gasteiger partial charge is 0.343 e. The van der Waals surface area contributed by atoms with Gasteiger partial charge in [-0.2, -0.15) is 5.10 Å². The molecule has 0 fully saturated rings. The minimum atomic E-state index is -1.10. The van der Waals surface area contributed by atoms with E-state index in [2.05, 4.69) is 10.4 Å². The number of anilines is 1. The summed E-state index contributed by atoms with van der Waals surface area (Å²) >= 11 is 7.47. The molecule has 162 valence electrons. The van der Waals surface area contributed by atoms with E-state index in [1.165, 1.54) is 22.9 Å². The highest BCUT2D eigenvalue weighted by Gasteiger charge is 2.30. The number of fused-ring (bicyclic) bond motifs is 1. The molecule has 2 aromatic heterocycles. The maximum Gasteiger partial charge on any atom is 0.343 e. The first-order valence-corrected chi connectivity index (χ1v) is 11.0. The number of esters is 2. The van der Waals surface area contributed by atoms with Crippen LogP contribution < -0.4 is 5.32 Å². The van der Waals surface area contributed by atoms with Crippen molar-refractivity contribution in [2.24, 2.45) is 7.05 Å². The van der Waals surface area contributed by atoms with Gasteiger partial charge in [-0.05, 0) is 52.0 Å². The lowest BCUT2D eigenvalue weighted by atomic mass is 9.95. The minimum absolute atomic E-state index is 0.123. The molecule has 1 aliphatic carbocycles. The van der Waals surface area contributed by atoms with Crippen molar-refractivity contribution in [3.8, 4) is 0 Å². The van der Waals surface area contributed by atoms with Gasteiger partial charge in [0.1, 0.15) is 15.7 Å². The molecule has 0 radical (unpaired) electrons. The summed E-state index contributed by atoms with van der Waals surface area (Å²) < 4.78 is 11.8. The summed E-state index contributed by atoms with van der Waals surface area (Å²) in [4.78, 5) is 38.8. The van der Waals surface area contributed by atoms with Crippen molar-refractivity contribution < 1.29 is 23.9 Å². The van der Waals surface area contributed by atoms with Gasteiger partial charge in [-0.25, -0.2) is 9.59 Å². The van der Waals surface area contributed by atoms with Gasteiger partial charge in [0.15, 0.2) is 6.10 Å². The zero-order valence-electron chi connectivity index (χ0n) is 17.3. The summed E-state index contributed by atoms with van der Waals surface area (Å²) in [5.41, 5.74) is 1.89. The summed E-state index contributed by atoms with van der Waals surface area (Å²) in [6, 6.07) is 0. The molecule has 0 saturated carbocycles.